The van der Waals surface area contributed by atoms with Crippen LogP contribution in [0.4, 0.5) is 5.69 Å². The van der Waals surface area contributed by atoms with E-state index in [-0.39, 0.29) is 48.4 Å². The van der Waals surface area contributed by atoms with Gasteiger partial charge in [0.25, 0.3) is 11.6 Å². The number of carbonyl (C=O) groups is 1. The van der Waals surface area contributed by atoms with Gasteiger partial charge in [-0.15, -0.1) is 0 Å². The smallest absolute Gasteiger partial charge is 0.289 e. The first-order chi connectivity index (χ1) is 12.3. The lowest BCUT2D eigenvalue weighted by atomic mass is 10.2. The highest BCUT2D eigenvalue weighted by molar-refractivity contribution is 7.89. The average molecular weight is 379 g/mol. The summed E-state index contributed by atoms with van der Waals surface area (Å²) < 4.78 is 31.8. The van der Waals surface area contributed by atoms with Crippen molar-refractivity contribution in [3.8, 4) is 0 Å². The maximum Gasteiger partial charge on any atom is 0.289 e. The fourth-order valence-corrected chi connectivity index (χ4v) is 4.23. The third kappa shape index (κ3) is 3.33. The minimum absolute atomic E-state index is 0.108. The van der Waals surface area contributed by atoms with Crippen molar-refractivity contribution in [3.63, 3.8) is 0 Å². The predicted octanol–water partition coefficient (Wildman–Crippen LogP) is 1.64. The van der Waals surface area contributed by atoms with Gasteiger partial charge in [0.05, 0.1) is 16.1 Å². The largest absolute Gasteiger partial charge is 0.459 e. The van der Waals surface area contributed by atoms with Crippen LogP contribution >= 0.6 is 0 Å². The molecule has 1 aromatic carbocycles. The van der Waals surface area contributed by atoms with Gasteiger partial charge < -0.3 is 9.32 Å². The fourth-order valence-electron chi connectivity index (χ4n) is 2.78. The van der Waals surface area contributed by atoms with Crippen LogP contribution in [0.5, 0.6) is 0 Å². The third-order valence-electron chi connectivity index (χ3n) is 4.27. The van der Waals surface area contributed by atoms with Crippen LogP contribution in [0.25, 0.3) is 0 Å². The Kier molecular flexibility index (Phi) is 4.79. The van der Waals surface area contributed by atoms with Gasteiger partial charge in [-0.3, -0.25) is 14.9 Å². The van der Waals surface area contributed by atoms with Crippen molar-refractivity contribution in [1.82, 2.24) is 9.21 Å². The van der Waals surface area contributed by atoms with Crippen LogP contribution in [0.2, 0.25) is 0 Å². The number of nitro groups is 1. The van der Waals surface area contributed by atoms with Crippen molar-refractivity contribution in [1.29, 1.82) is 0 Å². The number of nitrogens with zero attached hydrogens (tertiary/aromatic N) is 3. The number of carbonyl (C=O) groups excluding carboxylic acids is 1. The number of amides is 1. The molecule has 1 aliphatic rings. The molecule has 9 nitrogen and oxygen atoms in total. The van der Waals surface area contributed by atoms with E-state index in [9.17, 15) is 23.3 Å². The van der Waals surface area contributed by atoms with Crippen molar-refractivity contribution < 1.29 is 22.6 Å². The van der Waals surface area contributed by atoms with Crippen molar-refractivity contribution in [2.24, 2.45) is 0 Å². The fraction of sp³-hybridized carbons (Fsp3) is 0.312. The van der Waals surface area contributed by atoms with Crippen LogP contribution in [-0.4, -0.2) is 54.6 Å². The number of aryl methyl sites for hydroxylation is 1. The summed E-state index contributed by atoms with van der Waals surface area (Å²) in [6, 6.07) is 7.01. The Morgan fingerprint density at radius 3 is 2.46 bits per heavy atom. The van der Waals surface area contributed by atoms with E-state index in [2.05, 4.69) is 0 Å². The number of furan rings is 1. The molecule has 1 amide bonds. The highest BCUT2D eigenvalue weighted by Gasteiger charge is 2.32. The minimum Gasteiger partial charge on any atom is -0.459 e. The lowest BCUT2D eigenvalue weighted by Crippen LogP contribution is -2.50. The number of hydrogen-bond acceptors (Lipinski definition) is 6. The second-order valence-electron chi connectivity index (χ2n) is 5.88. The van der Waals surface area contributed by atoms with Gasteiger partial charge in [-0.25, -0.2) is 8.42 Å². The molecule has 26 heavy (non-hydrogen) atoms. The number of benzene rings is 1. The zero-order valence-corrected chi connectivity index (χ0v) is 14.8. The van der Waals surface area contributed by atoms with E-state index in [1.807, 2.05) is 0 Å². The van der Waals surface area contributed by atoms with Gasteiger partial charge in [-0.1, -0.05) is 6.07 Å². The molecule has 2 aromatic rings. The molecule has 0 saturated carbocycles. The maximum absolute atomic E-state index is 12.8. The lowest BCUT2D eigenvalue weighted by molar-refractivity contribution is -0.385. The zero-order chi connectivity index (χ0) is 18.9. The highest BCUT2D eigenvalue weighted by Crippen LogP contribution is 2.25. The summed E-state index contributed by atoms with van der Waals surface area (Å²) in [4.78, 5) is 24.1. The van der Waals surface area contributed by atoms with Crippen molar-refractivity contribution in [2.75, 3.05) is 26.2 Å². The van der Waals surface area contributed by atoms with E-state index in [1.165, 1.54) is 27.6 Å². The number of piperazine rings is 1. The topological polar surface area (TPSA) is 114 Å². The second kappa shape index (κ2) is 6.89. The third-order valence-corrected chi connectivity index (χ3v) is 6.17. The SMILES string of the molecule is Cc1ccc(S(=O)(=O)N2CCN(C(=O)c3ccco3)CC2)cc1[N+](=O)[O-]. The average Bonchev–Trinajstić information content (AvgIpc) is 3.16. The summed E-state index contributed by atoms with van der Waals surface area (Å²) in [5.41, 5.74) is 0.153. The number of rotatable bonds is 4. The first-order valence-corrected chi connectivity index (χ1v) is 9.32. The molecule has 2 heterocycles. The summed E-state index contributed by atoms with van der Waals surface area (Å²) in [5.74, 6) is -0.0894. The van der Waals surface area contributed by atoms with E-state index < -0.39 is 14.9 Å². The monoisotopic (exact) mass is 379 g/mol. The number of sulfonamides is 1. The van der Waals surface area contributed by atoms with Gasteiger partial charge in [0, 0.05) is 37.8 Å². The van der Waals surface area contributed by atoms with Crippen LogP contribution in [0.3, 0.4) is 0 Å². The van der Waals surface area contributed by atoms with Crippen molar-refractivity contribution in [2.45, 2.75) is 11.8 Å². The van der Waals surface area contributed by atoms with Crippen LogP contribution in [0.1, 0.15) is 16.1 Å². The van der Waals surface area contributed by atoms with E-state index in [0.717, 1.165) is 6.07 Å². The zero-order valence-electron chi connectivity index (χ0n) is 14.0. The Balaban J connectivity index is 1.75. The molecular weight excluding hydrogens is 362 g/mol. The molecule has 0 radical (unpaired) electrons. The van der Waals surface area contributed by atoms with Gasteiger partial charge in [0.15, 0.2) is 5.76 Å². The summed E-state index contributed by atoms with van der Waals surface area (Å²) in [6.45, 7) is 2.19. The first kappa shape index (κ1) is 18.1. The van der Waals surface area contributed by atoms with Crippen LogP contribution in [0.15, 0.2) is 45.9 Å². The quantitative estimate of drug-likeness (QED) is 0.589. The van der Waals surface area contributed by atoms with Crippen molar-refractivity contribution in [3.05, 3.63) is 58.0 Å². The van der Waals surface area contributed by atoms with E-state index >= 15 is 0 Å². The van der Waals surface area contributed by atoms with E-state index in [4.69, 9.17) is 4.42 Å². The molecule has 1 aliphatic heterocycles. The molecule has 0 aliphatic carbocycles. The molecule has 0 N–H and O–H groups in total. The normalized spacial score (nSPS) is 15.8. The Morgan fingerprint density at radius 1 is 1.19 bits per heavy atom. The van der Waals surface area contributed by atoms with Gasteiger partial charge in [-0.05, 0) is 25.1 Å². The molecule has 138 valence electrons. The first-order valence-electron chi connectivity index (χ1n) is 7.88. The molecule has 10 heteroatoms. The summed E-state index contributed by atoms with van der Waals surface area (Å²) in [6.07, 6.45) is 1.40. The van der Waals surface area contributed by atoms with Gasteiger partial charge in [0.2, 0.25) is 10.0 Å². The van der Waals surface area contributed by atoms with Crippen molar-refractivity contribution >= 4 is 21.6 Å². The molecule has 0 bridgehead atoms. The standard InChI is InChI=1S/C16H17N3O6S/c1-12-4-5-13(11-14(12)19(21)22)26(23,24)18-8-6-17(7-9-18)16(20)15-3-2-10-25-15/h2-5,10-11H,6-9H2,1H3. The van der Waals surface area contributed by atoms with Crippen LogP contribution in [-0.2, 0) is 10.0 Å². The number of hydrogen-bond donors (Lipinski definition) is 0. The maximum atomic E-state index is 12.8. The molecule has 1 aromatic heterocycles. The molecule has 0 spiro atoms. The molecule has 1 saturated heterocycles. The van der Waals surface area contributed by atoms with Crippen LogP contribution < -0.4 is 0 Å². The van der Waals surface area contributed by atoms with Gasteiger partial charge in [0.1, 0.15) is 0 Å². The number of nitro benzene ring substituents is 1. The Hall–Kier alpha value is -2.72. The molecule has 3 rings (SSSR count). The molecule has 1 fully saturated rings. The summed E-state index contributed by atoms with van der Waals surface area (Å²) in [7, 11) is -3.87. The minimum atomic E-state index is -3.87. The summed E-state index contributed by atoms with van der Waals surface area (Å²) >= 11 is 0. The predicted molar refractivity (Wildman–Crippen MR) is 91.2 cm³/mol. The Labute approximate surface area is 150 Å². The molecule has 0 unspecified atom stereocenters. The Bertz CT molecular complexity index is 931. The highest BCUT2D eigenvalue weighted by atomic mass is 32.2. The van der Waals surface area contributed by atoms with Gasteiger partial charge in [-0.2, -0.15) is 4.31 Å². The summed E-state index contributed by atoms with van der Waals surface area (Å²) in [5, 5.41) is 11.1. The molecule has 0 atom stereocenters. The lowest BCUT2D eigenvalue weighted by Gasteiger charge is -2.33. The van der Waals surface area contributed by atoms with Crippen LogP contribution in [0, 0.1) is 17.0 Å². The van der Waals surface area contributed by atoms with E-state index in [0.29, 0.717) is 5.56 Å². The van der Waals surface area contributed by atoms with Gasteiger partial charge >= 0.3 is 0 Å². The molecular formula is C16H17N3O6S. The second-order valence-corrected chi connectivity index (χ2v) is 7.82. The Morgan fingerprint density at radius 2 is 1.88 bits per heavy atom. The van der Waals surface area contributed by atoms with E-state index in [1.54, 1.807) is 19.1 Å².